The third-order valence-electron chi connectivity index (χ3n) is 3.35. The third kappa shape index (κ3) is 5.90. The molecular formula is C15H26ClNO3Si. The summed E-state index contributed by atoms with van der Waals surface area (Å²) in [5.74, 6) is 0. The Morgan fingerprint density at radius 3 is 2.10 bits per heavy atom. The lowest BCUT2D eigenvalue weighted by molar-refractivity contribution is 0.120. The molecule has 0 spiro atoms. The highest BCUT2D eigenvalue weighted by atomic mass is 35.5. The Hall–Kier alpha value is -0.693. The van der Waals surface area contributed by atoms with Gasteiger partial charge < -0.3 is 18.6 Å². The minimum Gasteiger partial charge on any atom is -0.377 e. The van der Waals surface area contributed by atoms with Gasteiger partial charge in [-0.15, -0.1) is 19.0 Å². The van der Waals surface area contributed by atoms with E-state index in [1.807, 2.05) is 24.3 Å². The summed E-state index contributed by atoms with van der Waals surface area (Å²) in [4.78, 5) is 0. The van der Waals surface area contributed by atoms with Crippen LogP contribution in [-0.4, -0.2) is 36.2 Å². The zero-order valence-electron chi connectivity index (χ0n) is 13.2. The molecule has 120 valence electrons. The van der Waals surface area contributed by atoms with E-state index in [2.05, 4.69) is 31.0 Å². The quantitative estimate of drug-likeness (QED) is 0.557. The molecule has 0 aliphatic heterocycles. The van der Waals surface area contributed by atoms with E-state index in [1.54, 1.807) is 21.3 Å². The van der Waals surface area contributed by atoms with Gasteiger partial charge in [-0.2, -0.15) is 0 Å². The maximum absolute atomic E-state index is 5.46. The highest BCUT2D eigenvalue weighted by Gasteiger charge is 2.39. The Labute approximate surface area is 135 Å². The Kier molecular flexibility index (Phi) is 9.77. The molecule has 6 heteroatoms. The van der Waals surface area contributed by atoms with Crippen LogP contribution in [0.25, 0.3) is 0 Å². The van der Waals surface area contributed by atoms with Crippen molar-refractivity contribution in [1.82, 2.24) is 5.32 Å². The summed E-state index contributed by atoms with van der Waals surface area (Å²) in [5, 5.41) is 3.52. The molecule has 4 nitrogen and oxygen atoms in total. The highest BCUT2D eigenvalue weighted by Crippen LogP contribution is 2.19. The van der Waals surface area contributed by atoms with Gasteiger partial charge in [0, 0.05) is 33.4 Å². The van der Waals surface area contributed by atoms with Crippen LogP contribution in [0.1, 0.15) is 18.5 Å². The molecule has 1 N–H and O–H groups in total. The molecule has 1 aromatic rings. The van der Waals surface area contributed by atoms with Gasteiger partial charge in [0.25, 0.3) is 0 Å². The highest BCUT2D eigenvalue weighted by molar-refractivity contribution is 6.60. The van der Waals surface area contributed by atoms with Crippen LogP contribution in [0.3, 0.4) is 0 Å². The molecule has 0 aliphatic rings. The summed E-state index contributed by atoms with van der Waals surface area (Å²) in [6.45, 7) is 6.00. The van der Waals surface area contributed by atoms with Crippen molar-refractivity contribution in [3.05, 3.63) is 48.6 Å². The molecule has 1 aromatic carbocycles. The molecule has 0 bridgehead atoms. The van der Waals surface area contributed by atoms with Crippen molar-refractivity contribution in [2.24, 2.45) is 0 Å². The van der Waals surface area contributed by atoms with Crippen molar-refractivity contribution in [1.29, 1.82) is 0 Å². The average molecular weight is 332 g/mol. The van der Waals surface area contributed by atoms with Crippen molar-refractivity contribution in [2.45, 2.75) is 25.1 Å². The number of hydrogen-bond acceptors (Lipinski definition) is 4. The monoisotopic (exact) mass is 331 g/mol. The maximum Gasteiger partial charge on any atom is 0.501 e. The minimum absolute atomic E-state index is 0. The number of nitrogens with one attached hydrogen (secondary N) is 1. The standard InChI is InChI=1S/C15H25NO3Si.ClH/c1-6-15(14-10-8-7-9-11-14)16-13(2)12-20(17-3,18-4)19-5;/h6-11,13,15-16H,1,12H2,2-5H3;1H. The number of halogens is 1. The molecule has 0 saturated carbocycles. The van der Waals surface area contributed by atoms with E-state index in [0.29, 0.717) is 6.04 Å². The molecule has 1 rings (SSSR count). The molecule has 0 aromatic heterocycles. The molecule has 0 radical (unpaired) electrons. The van der Waals surface area contributed by atoms with E-state index in [9.17, 15) is 0 Å². The van der Waals surface area contributed by atoms with Gasteiger partial charge in [0.15, 0.2) is 0 Å². The van der Waals surface area contributed by atoms with E-state index < -0.39 is 8.80 Å². The van der Waals surface area contributed by atoms with Crippen LogP contribution in [0.5, 0.6) is 0 Å². The van der Waals surface area contributed by atoms with Crippen LogP contribution in [0, 0.1) is 0 Å². The summed E-state index contributed by atoms with van der Waals surface area (Å²) >= 11 is 0. The summed E-state index contributed by atoms with van der Waals surface area (Å²) in [6.07, 6.45) is 1.90. The van der Waals surface area contributed by atoms with E-state index in [1.165, 1.54) is 5.56 Å². The molecular weight excluding hydrogens is 306 g/mol. The lowest BCUT2D eigenvalue weighted by atomic mass is 10.1. The van der Waals surface area contributed by atoms with Crippen LogP contribution in [0.4, 0.5) is 0 Å². The van der Waals surface area contributed by atoms with Crippen molar-refractivity contribution in [3.63, 3.8) is 0 Å². The second kappa shape index (κ2) is 10.1. The normalized spacial score (nSPS) is 14.1. The van der Waals surface area contributed by atoms with Crippen LogP contribution in [0.15, 0.2) is 43.0 Å². The van der Waals surface area contributed by atoms with Gasteiger partial charge in [-0.25, -0.2) is 0 Å². The molecule has 2 unspecified atom stereocenters. The van der Waals surface area contributed by atoms with Gasteiger partial charge in [-0.3, -0.25) is 0 Å². The number of hydrogen-bond donors (Lipinski definition) is 1. The summed E-state index contributed by atoms with van der Waals surface area (Å²) in [5.41, 5.74) is 1.19. The van der Waals surface area contributed by atoms with E-state index >= 15 is 0 Å². The largest absolute Gasteiger partial charge is 0.501 e. The Morgan fingerprint density at radius 2 is 1.67 bits per heavy atom. The molecule has 0 amide bonds. The average Bonchev–Trinajstić information content (AvgIpc) is 2.51. The van der Waals surface area contributed by atoms with E-state index in [0.717, 1.165) is 0 Å². The molecule has 0 heterocycles. The zero-order valence-corrected chi connectivity index (χ0v) is 15.0. The third-order valence-corrected chi connectivity index (χ3v) is 6.33. The summed E-state index contributed by atoms with van der Waals surface area (Å²) in [6, 6.07) is 11.2. The van der Waals surface area contributed by atoms with Gasteiger partial charge in [0.05, 0.1) is 6.04 Å². The van der Waals surface area contributed by atoms with Crippen molar-refractivity contribution in [2.75, 3.05) is 21.3 Å². The van der Waals surface area contributed by atoms with E-state index in [-0.39, 0.29) is 24.5 Å². The predicted molar refractivity (Wildman–Crippen MR) is 90.8 cm³/mol. The van der Waals surface area contributed by atoms with Crippen molar-refractivity contribution >= 4 is 21.2 Å². The number of rotatable bonds is 9. The van der Waals surface area contributed by atoms with Crippen molar-refractivity contribution < 1.29 is 13.3 Å². The molecule has 0 saturated heterocycles. The van der Waals surface area contributed by atoms with Gasteiger partial charge in [0.2, 0.25) is 0 Å². The second-order valence-electron chi connectivity index (χ2n) is 4.69. The first-order valence-electron chi connectivity index (χ1n) is 6.69. The Morgan fingerprint density at radius 1 is 1.14 bits per heavy atom. The van der Waals surface area contributed by atoms with Gasteiger partial charge in [0.1, 0.15) is 0 Å². The molecule has 2 atom stereocenters. The fourth-order valence-electron chi connectivity index (χ4n) is 2.20. The van der Waals surface area contributed by atoms with E-state index in [4.69, 9.17) is 13.3 Å². The summed E-state index contributed by atoms with van der Waals surface area (Å²) < 4.78 is 16.4. The van der Waals surface area contributed by atoms with Crippen molar-refractivity contribution in [3.8, 4) is 0 Å². The first kappa shape index (κ1) is 20.3. The lowest BCUT2D eigenvalue weighted by Crippen LogP contribution is -2.48. The fraction of sp³-hybridized carbons (Fsp3) is 0.467. The summed E-state index contributed by atoms with van der Waals surface area (Å²) in [7, 11) is 2.34. The van der Waals surface area contributed by atoms with Crippen LogP contribution in [-0.2, 0) is 13.3 Å². The van der Waals surface area contributed by atoms with Crippen LogP contribution < -0.4 is 5.32 Å². The maximum atomic E-state index is 5.46. The smallest absolute Gasteiger partial charge is 0.377 e. The van der Waals surface area contributed by atoms with Gasteiger partial charge in [-0.05, 0) is 12.5 Å². The van der Waals surface area contributed by atoms with Crippen LogP contribution >= 0.6 is 12.4 Å². The Bertz CT molecular complexity index is 393. The second-order valence-corrected chi connectivity index (χ2v) is 7.69. The molecule has 0 aliphatic carbocycles. The molecule has 21 heavy (non-hydrogen) atoms. The number of benzene rings is 1. The SMILES string of the molecule is C=CC(NC(C)C[Si](OC)(OC)OC)c1ccccc1.Cl. The zero-order chi connectivity index (χ0) is 15.0. The van der Waals surface area contributed by atoms with Gasteiger partial charge in [-0.1, -0.05) is 36.4 Å². The minimum atomic E-state index is -2.56. The Balaban J connectivity index is 0.00000400. The first-order chi connectivity index (χ1) is 9.60. The predicted octanol–water partition coefficient (Wildman–Crippen LogP) is 3.19. The molecule has 0 fully saturated rings. The lowest BCUT2D eigenvalue weighted by Gasteiger charge is -2.29. The first-order valence-corrected chi connectivity index (χ1v) is 8.63. The fourth-order valence-corrected chi connectivity index (χ4v) is 4.07. The topological polar surface area (TPSA) is 39.7 Å². The van der Waals surface area contributed by atoms with Gasteiger partial charge >= 0.3 is 8.80 Å². The van der Waals surface area contributed by atoms with Crippen LogP contribution in [0.2, 0.25) is 6.04 Å².